The van der Waals surface area contributed by atoms with Crippen LogP contribution < -0.4 is 4.90 Å². The number of hydrogen-bond donors (Lipinski definition) is 0. The third-order valence-electron chi connectivity index (χ3n) is 10.9. The second kappa shape index (κ2) is 11.3. The van der Waals surface area contributed by atoms with Crippen LogP contribution in [-0.4, -0.2) is 0 Å². The van der Waals surface area contributed by atoms with Gasteiger partial charge in [-0.3, -0.25) is 0 Å². The van der Waals surface area contributed by atoms with E-state index in [-0.39, 0.29) is 5.41 Å². The molecule has 1 aromatic heterocycles. The van der Waals surface area contributed by atoms with Crippen molar-refractivity contribution in [2.24, 2.45) is 0 Å². The normalized spacial score (nSPS) is 13.1. The Morgan fingerprint density at radius 2 is 1.00 bits per heavy atom. The largest absolute Gasteiger partial charge is 0.453 e. The van der Waals surface area contributed by atoms with Gasteiger partial charge in [-0.2, -0.15) is 0 Å². The fraction of sp³-hybridized carbons (Fsp3) is 0.0612. The molecule has 8 aromatic carbocycles. The highest BCUT2D eigenvalue weighted by Gasteiger charge is 2.38. The summed E-state index contributed by atoms with van der Waals surface area (Å²) >= 11 is 0. The first-order valence-corrected chi connectivity index (χ1v) is 17.7. The topological polar surface area (TPSA) is 16.4 Å². The fourth-order valence-corrected chi connectivity index (χ4v) is 8.39. The number of furan rings is 1. The maximum atomic E-state index is 7.11. The molecule has 1 heterocycles. The third-order valence-corrected chi connectivity index (χ3v) is 10.9. The van der Waals surface area contributed by atoms with Crippen LogP contribution in [-0.2, 0) is 5.41 Å². The zero-order valence-electron chi connectivity index (χ0n) is 28.6. The van der Waals surface area contributed by atoms with Crippen LogP contribution in [0.5, 0.6) is 0 Å². The van der Waals surface area contributed by atoms with Crippen LogP contribution in [0.4, 0.5) is 17.1 Å². The lowest BCUT2D eigenvalue weighted by Gasteiger charge is -2.26. The molecule has 10 rings (SSSR count). The van der Waals surface area contributed by atoms with Gasteiger partial charge in [0.2, 0.25) is 0 Å². The van der Waals surface area contributed by atoms with Crippen molar-refractivity contribution in [3.05, 3.63) is 187 Å². The molecule has 0 spiro atoms. The molecule has 0 aliphatic heterocycles. The van der Waals surface area contributed by atoms with Crippen LogP contribution in [0.2, 0.25) is 0 Å². The van der Waals surface area contributed by atoms with Crippen LogP contribution >= 0.6 is 0 Å². The maximum absolute atomic E-state index is 7.11. The minimum atomic E-state index is -0.177. The second-order valence-electron chi connectivity index (χ2n) is 14.1. The summed E-state index contributed by atoms with van der Waals surface area (Å²) < 4.78 is 7.11. The average molecular weight is 654 g/mol. The quantitative estimate of drug-likeness (QED) is 0.184. The van der Waals surface area contributed by atoms with Gasteiger partial charge >= 0.3 is 0 Å². The molecule has 0 fully saturated rings. The van der Waals surface area contributed by atoms with Gasteiger partial charge in [-0.1, -0.05) is 153 Å². The first-order valence-electron chi connectivity index (χ1n) is 17.7. The lowest BCUT2D eigenvalue weighted by Crippen LogP contribution is -2.15. The van der Waals surface area contributed by atoms with Crippen molar-refractivity contribution < 1.29 is 4.42 Å². The third kappa shape index (κ3) is 4.57. The Bertz CT molecular complexity index is 2750. The zero-order chi connectivity index (χ0) is 34.1. The summed E-state index contributed by atoms with van der Waals surface area (Å²) in [6.07, 6.45) is 0. The van der Waals surface area contributed by atoms with E-state index in [0.29, 0.717) is 0 Å². The van der Waals surface area contributed by atoms with Crippen molar-refractivity contribution in [2.75, 3.05) is 4.90 Å². The number of anilines is 3. The molecule has 0 N–H and O–H groups in total. The molecule has 242 valence electrons. The summed E-state index contributed by atoms with van der Waals surface area (Å²) in [5.41, 5.74) is 14.8. The lowest BCUT2D eigenvalue weighted by atomic mass is 9.82. The van der Waals surface area contributed by atoms with E-state index in [0.717, 1.165) is 39.0 Å². The zero-order valence-corrected chi connectivity index (χ0v) is 28.6. The first-order chi connectivity index (χ1) is 25.1. The standard InChI is InChI=1S/C49H35NO/c1-49(2)44-20-9-8-17-40(44)41-30-31-43-42-19-11-21-45(47(42)51-48(43)46(41)49)50(36-26-22-33(23-27-36)32-12-4-3-5-13-32)37-28-24-35(25-29-37)39-18-10-15-34-14-6-7-16-38(34)39/h3-31H,1-2H3. The summed E-state index contributed by atoms with van der Waals surface area (Å²) in [5, 5.41) is 4.77. The Hall–Kier alpha value is -6.38. The summed E-state index contributed by atoms with van der Waals surface area (Å²) in [6.45, 7) is 4.65. The number of hydrogen-bond acceptors (Lipinski definition) is 2. The van der Waals surface area contributed by atoms with E-state index in [1.807, 2.05) is 0 Å². The van der Waals surface area contributed by atoms with Crippen molar-refractivity contribution in [1.82, 2.24) is 0 Å². The van der Waals surface area contributed by atoms with E-state index < -0.39 is 0 Å². The van der Waals surface area contributed by atoms with Crippen LogP contribution in [0.1, 0.15) is 25.0 Å². The minimum absolute atomic E-state index is 0.177. The molecular weight excluding hydrogens is 619 g/mol. The molecule has 2 heteroatoms. The van der Waals surface area contributed by atoms with Crippen molar-refractivity contribution in [2.45, 2.75) is 19.3 Å². The molecule has 2 nitrogen and oxygen atoms in total. The van der Waals surface area contributed by atoms with Crippen molar-refractivity contribution in [1.29, 1.82) is 0 Å². The van der Waals surface area contributed by atoms with Gasteiger partial charge in [0.05, 0.1) is 5.69 Å². The van der Waals surface area contributed by atoms with Gasteiger partial charge in [-0.25, -0.2) is 0 Å². The van der Waals surface area contributed by atoms with Gasteiger partial charge in [0, 0.05) is 33.1 Å². The summed E-state index contributed by atoms with van der Waals surface area (Å²) in [6, 6.07) is 63.4. The highest BCUT2D eigenvalue weighted by Crippen LogP contribution is 2.53. The summed E-state index contributed by atoms with van der Waals surface area (Å²) in [5.74, 6) is 0. The van der Waals surface area contributed by atoms with Crippen LogP contribution in [0.15, 0.2) is 180 Å². The van der Waals surface area contributed by atoms with Crippen molar-refractivity contribution >= 4 is 49.8 Å². The molecule has 1 aliphatic rings. The molecule has 0 atom stereocenters. The van der Waals surface area contributed by atoms with E-state index in [1.165, 1.54) is 55.3 Å². The highest BCUT2D eigenvalue weighted by atomic mass is 16.3. The number of fused-ring (bicyclic) bond motifs is 8. The lowest BCUT2D eigenvalue weighted by molar-refractivity contribution is 0.620. The van der Waals surface area contributed by atoms with Crippen LogP contribution in [0.3, 0.4) is 0 Å². The first kappa shape index (κ1) is 29.5. The number of rotatable bonds is 5. The maximum Gasteiger partial charge on any atom is 0.159 e. The smallest absolute Gasteiger partial charge is 0.159 e. The molecule has 0 saturated heterocycles. The summed E-state index contributed by atoms with van der Waals surface area (Å²) in [7, 11) is 0. The fourth-order valence-electron chi connectivity index (χ4n) is 8.39. The van der Waals surface area contributed by atoms with Gasteiger partial charge in [-0.15, -0.1) is 0 Å². The van der Waals surface area contributed by atoms with Gasteiger partial charge in [-0.05, 0) is 86.1 Å². The van der Waals surface area contributed by atoms with Gasteiger partial charge in [0.25, 0.3) is 0 Å². The van der Waals surface area contributed by atoms with E-state index >= 15 is 0 Å². The van der Waals surface area contributed by atoms with Gasteiger partial charge in [0.1, 0.15) is 5.58 Å². The van der Waals surface area contributed by atoms with Crippen molar-refractivity contribution in [3.8, 4) is 33.4 Å². The Balaban J connectivity index is 1.16. The van der Waals surface area contributed by atoms with E-state index in [4.69, 9.17) is 4.42 Å². The molecule has 0 saturated carbocycles. The second-order valence-corrected chi connectivity index (χ2v) is 14.1. The average Bonchev–Trinajstić information content (AvgIpc) is 3.68. The molecule has 0 radical (unpaired) electrons. The molecule has 0 amide bonds. The predicted octanol–water partition coefficient (Wildman–Crippen LogP) is 13.8. The van der Waals surface area contributed by atoms with Gasteiger partial charge < -0.3 is 9.32 Å². The molecule has 0 bridgehead atoms. The Morgan fingerprint density at radius 1 is 0.412 bits per heavy atom. The number of para-hydroxylation sites is 1. The van der Waals surface area contributed by atoms with Crippen molar-refractivity contribution in [3.63, 3.8) is 0 Å². The summed E-state index contributed by atoms with van der Waals surface area (Å²) in [4.78, 5) is 2.34. The molecular formula is C49H35NO. The molecule has 0 unspecified atom stereocenters. The Labute approximate surface area is 297 Å². The van der Waals surface area contributed by atoms with Gasteiger partial charge in [0.15, 0.2) is 5.58 Å². The Morgan fingerprint density at radius 3 is 1.80 bits per heavy atom. The minimum Gasteiger partial charge on any atom is -0.453 e. The van der Waals surface area contributed by atoms with E-state index in [2.05, 4.69) is 195 Å². The number of benzene rings is 8. The molecule has 9 aromatic rings. The highest BCUT2D eigenvalue weighted by molar-refractivity contribution is 6.13. The van der Waals surface area contributed by atoms with E-state index in [1.54, 1.807) is 0 Å². The SMILES string of the molecule is CC1(C)c2ccccc2-c2ccc3c(oc4c(N(c5ccc(-c6ccccc6)cc5)c5ccc(-c6cccc7ccccc67)cc5)cccc43)c21. The Kier molecular flexibility index (Phi) is 6.56. The van der Waals surface area contributed by atoms with E-state index in [9.17, 15) is 0 Å². The van der Waals surface area contributed by atoms with Crippen LogP contribution in [0.25, 0.3) is 66.1 Å². The molecule has 1 aliphatic carbocycles. The molecule has 51 heavy (non-hydrogen) atoms. The monoisotopic (exact) mass is 653 g/mol. The number of nitrogens with zero attached hydrogens (tertiary/aromatic N) is 1. The van der Waals surface area contributed by atoms with Crippen LogP contribution in [0, 0.1) is 0 Å². The predicted molar refractivity (Wildman–Crippen MR) is 214 cm³/mol.